The number of carbonyl (C=O) groups excluding carboxylic acids is 2. The average Bonchev–Trinajstić information content (AvgIpc) is 3.27. The highest BCUT2D eigenvalue weighted by molar-refractivity contribution is 7.16. The zero-order valence-corrected chi connectivity index (χ0v) is 16.6. The third kappa shape index (κ3) is 4.70. The van der Waals surface area contributed by atoms with Crippen molar-refractivity contribution in [2.45, 2.75) is 39.0 Å². The van der Waals surface area contributed by atoms with Crippen LogP contribution in [0.2, 0.25) is 0 Å². The van der Waals surface area contributed by atoms with Crippen molar-refractivity contribution in [1.82, 2.24) is 0 Å². The maximum atomic E-state index is 12.1. The highest BCUT2D eigenvalue weighted by Gasteiger charge is 2.23. The summed E-state index contributed by atoms with van der Waals surface area (Å²) in [7, 11) is 0. The van der Waals surface area contributed by atoms with Crippen LogP contribution in [0.5, 0.6) is 5.75 Å². The summed E-state index contributed by atoms with van der Waals surface area (Å²) in [4.78, 5) is 25.4. The van der Waals surface area contributed by atoms with E-state index in [2.05, 4.69) is 18.3 Å². The molecule has 1 aliphatic rings. The van der Waals surface area contributed by atoms with Gasteiger partial charge in [0.2, 0.25) is 0 Å². The first-order valence-electron chi connectivity index (χ1n) is 9.36. The number of esters is 1. The van der Waals surface area contributed by atoms with Crippen molar-refractivity contribution in [3.05, 3.63) is 45.8 Å². The molecular formula is C21H22N2O4S. The Labute approximate surface area is 168 Å². The van der Waals surface area contributed by atoms with Crippen molar-refractivity contribution in [1.29, 1.82) is 5.26 Å². The summed E-state index contributed by atoms with van der Waals surface area (Å²) in [6, 6.07) is 8.81. The van der Waals surface area contributed by atoms with Crippen LogP contribution in [0.15, 0.2) is 24.3 Å². The van der Waals surface area contributed by atoms with Gasteiger partial charge in [0, 0.05) is 4.88 Å². The Hall–Kier alpha value is -2.85. The minimum atomic E-state index is -0.579. The predicted octanol–water partition coefficient (Wildman–Crippen LogP) is 4.08. The summed E-state index contributed by atoms with van der Waals surface area (Å²) in [5.74, 6) is -0.341. The molecule has 1 aromatic carbocycles. The number of anilines is 1. The standard InChI is InChI=1S/C21H22N2O4S/c1-2-3-11-26-15-9-7-14(8-10-15)21(25)27-13-19(24)23-20-17(12-22)16-5-4-6-18(16)28-20/h7-10H,2-6,11,13H2,1H3,(H,23,24). The van der Waals surface area contributed by atoms with Crippen LogP contribution in [0.1, 0.15) is 52.5 Å². The van der Waals surface area contributed by atoms with E-state index in [0.29, 0.717) is 28.5 Å². The molecule has 3 rings (SSSR count). The van der Waals surface area contributed by atoms with Crippen LogP contribution in [0.25, 0.3) is 0 Å². The number of benzene rings is 1. The summed E-state index contributed by atoms with van der Waals surface area (Å²) >= 11 is 1.43. The second kappa shape index (κ2) is 9.38. The quantitative estimate of drug-likeness (QED) is 0.535. The molecule has 1 amide bonds. The number of nitriles is 1. The number of amides is 1. The molecule has 0 spiro atoms. The first kappa shape index (κ1) is 19.9. The second-order valence-electron chi connectivity index (χ2n) is 6.52. The van der Waals surface area contributed by atoms with Crippen molar-refractivity contribution >= 4 is 28.2 Å². The van der Waals surface area contributed by atoms with E-state index in [1.807, 2.05) is 0 Å². The highest BCUT2D eigenvalue weighted by atomic mass is 32.1. The van der Waals surface area contributed by atoms with Gasteiger partial charge in [0.15, 0.2) is 6.61 Å². The van der Waals surface area contributed by atoms with Gasteiger partial charge in [-0.15, -0.1) is 11.3 Å². The van der Waals surface area contributed by atoms with Gasteiger partial charge in [0.25, 0.3) is 5.91 Å². The molecule has 0 bridgehead atoms. The zero-order valence-electron chi connectivity index (χ0n) is 15.7. The SMILES string of the molecule is CCCCOc1ccc(C(=O)OCC(=O)Nc2sc3c(c2C#N)CCC3)cc1. The lowest BCUT2D eigenvalue weighted by molar-refractivity contribution is -0.119. The number of hydrogen-bond acceptors (Lipinski definition) is 6. The van der Waals surface area contributed by atoms with E-state index in [-0.39, 0.29) is 0 Å². The van der Waals surface area contributed by atoms with Crippen molar-refractivity contribution in [3.63, 3.8) is 0 Å². The van der Waals surface area contributed by atoms with Crippen LogP contribution in [0.3, 0.4) is 0 Å². The molecule has 0 unspecified atom stereocenters. The largest absolute Gasteiger partial charge is 0.494 e. The van der Waals surface area contributed by atoms with Crippen LogP contribution < -0.4 is 10.1 Å². The fraction of sp³-hybridized carbons (Fsp3) is 0.381. The van der Waals surface area contributed by atoms with Gasteiger partial charge in [0.1, 0.15) is 16.8 Å². The molecule has 1 aromatic heterocycles. The maximum Gasteiger partial charge on any atom is 0.338 e. The van der Waals surface area contributed by atoms with Gasteiger partial charge in [-0.05, 0) is 55.5 Å². The van der Waals surface area contributed by atoms with Crippen molar-refractivity contribution in [3.8, 4) is 11.8 Å². The Morgan fingerprint density at radius 2 is 2.04 bits per heavy atom. The summed E-state index contributed by atoms with van der Waals surface area (Å²) in [5, 5.41) is 12.6. The van der Waals surface area contributed by atoms with Gasteiger partial charge in [-0.1, -0.05) is 13.3 Å². The molecule has 7 heteroatoms. The molecule has 1 heterocycles. The molecule has 0 fully saturated rings. The number of ether oxygens (including phenoxy) is 2. The Balaban J connectivity index is 1.51. The van der Waals surface area contributed by atoms with E-state index in [1.165, 1.54) is 11.3 Å². The molecular weight excluding hydrogens is 376 g/mol. The van der Waals surface area contributed by atoms with Gasteiger partial charge in [0.05, 0.1) is 17.7 Å². The van der Waals surface area contributed by atoms with Crippen molar-refractivity contribution in [2.75, 3.05) is 18.5 Å². The molecule has 2 aromatic rings. The number of fused-ring (bicyclic) bond motifs is 1. The number of nitrogens with zero attached hydrogens (tertiary/aromatic N) is 1. The van der Waals surface area contributed by atoms with Crippen molar-refractivity contribution in [2.24, 2.45) is 0 Å². The topological polar surface area (TPSA) is 88.4 Å². The van der Waals surface area contributed by atoms with Crippen LogP contribution >= 0.6 is 11.3 Å². The average molecular weight is 398 g/mol. The summed E-state index contributed by atoms with van der Waals surface area (Å²) in [6.45, 7) is 2.32. The molecule has 1 N–H and O–H groups in total. The number of rotatable bonds is 8. The lowest BCUT2D eigenvalue weighted by Gasteiger charge is -2.08. The minimum absolute atomic E-state index is 0.350. The lowest BCUT2D eigenvalue weighted by atomic mass is 10.1. The summed E-state index contributed by atoms with van der Waals surface area (Å²) < 4.78 is 10.6. The Kier molecular flexibility index (Phi) is 6.66. The zero-order chi connectivity index (χ0) is 19.9. The number of aryl methyl sites for hydroxylation is 1. The number of carbonyl (C=O) groups is 2. The number of unbranched alkanes of at least 4 members (excludes halogenated alkanes) is 1. The van der Waals surface area contributed by atoms with Crippen LogP contribution in [0.4, 0.5) is 5.00 Å². The Morgan fingerprint density at radius 1 is 1.25 bits per heavy atom. The molecule has 1 aliphatic carbocycles. The van der Waals surface area contributed by atoms with Gasteiger partial charge in [-0.2, -0.15) is 5.26 Å². The van der Waals surface area contributed by atoms with Crippen LogP contribution in [-0.2, 0) is 22.4 Å². The number of thiophene rings is 1. The first-order chi connectivity index (χ1) is 13.6. The van der Waals surface area contributed by atoms with Gasteiger partial charge in [-0.3, -0.25) is 4.79 Å². The molecule has 6 nitrogen and oxygen atoms in total. The normalized spacial score (nSPS) is 12.1. The molecule has 0 saturated carbocycles. The van der Waals surface area contributed by atoms with E-state index in [1.54, 1.807) is 24.3 Å². The van der Waals surface area contributed by atoms with Gasteiger partial charge < -0.3 is 14.8 Å². The molecule has 0 aliphatic heterocycles. The van der Waals surface area contributed by atoms with E-state index in [4.69, 9.17) is 9.47 Å². The fourth-order valence-corrected chi connectivity index (χ4v) is 4.27. The Bertz CT molecular complexity index is 896. The van der Waals surface area contributed by atoms with E-state index in [0.717, 1.165) is 42.5 Å². The number of nitrogens with one attached hydrogen (secondary N) is 1. The lowest BCUT2D eigenvalue weighted by Crippen LogP contribution is -2.20. The van der Waals surface area contributed by atoms with Gasteiger partial charge in [-0.25, -0.2) is 4.79 Å². The number of hydrogen-bond donors (Lipinski definition) is 1. The molecule has 0 atom stereocenters. The van der Waals surface area contributed by atoms with Gasteiger partial charge >= 0.3 is 5.97 Å². The van der Waals surface area contributed by atoms with Crippen LogP contribution in [-0.4, -0.2) is 25.1 Å². The van der Waals surface area contributed by atoms with Crippen molar-refractivity contribution < 1.29 is 19.1 Å². The molecule has 0 saturated heterocycles. The predicted molar refractivity (Wildman–Crippen MR) is 107 cm³/mol. The van der Waals surface area contributed by atoms with E-state index in [9.17, 15) is 14.9 Å². The first-order valence-corrected chi connectivity index (χ1v) is 10.2. The third-order valence-electron chi connectivity index (χ3n) is 4.48. The molecule has 0 radical (unpaired) electrons. The second-order valence-corrected chi connectivity index (χ2v) is 7.63. The van der Waals surface area contributed by atoms with E-state index < -0.39 is 18.5 Å². The Morgan fingerprint density at radius 3 is 2.75 bits per heavy atom. The molecule has 146 valence electrons. The third-order valence-corrected chi connectivity index (χ3v) is 5.68. The fourth-order valence-electron chi connectivity index (χ4n) is 3.01. The van der Waals surface area contributed by atoms with E-state index >= 15 is 0 Å². The monoisotopic (exact) mass is 398 g/mol. The summed E-state index contributed by atoms with van der Waals surface area (Å²) in [5.41, 5.74) is 1.93. The smallest absolute Gasteiger partial charge is 0.338 e. The minimum Gasteiger partial charge on any atom is -0.494 e. The van der Waals surface area contributed by atoms with Crippen LogP contribution in [0, 0.1) is 11.3 Å². The summed E-state index contributed by atoms with van der Waals surface area (Å²) in [6.07, 6.45) is 4.88. The highest BCUT2D eigenvalue weighted by Crippen LogP contribution is 2.38. The molecule has 28 heavy (non-hydrogen) atoms. The maximum absolute atomic E-state index is 12.1.